The van der Waals surface area contributed by atoms with Crippen molar-refractivity contribution in [2.45, 2.75) is 37.5 Å². The molecule has 0 N–H and O–H groups in total. The number of carbonyl (C=O) groups is 1. The van der Waals surface area contributed by atoms with E-state index in [0.29, 0.717) is 19.0 Å². The van der Waals surface area contributed by atoms with E-state index < -0.39 is 5.92 Å². The number of piperidine rings is 1. The second kappa shape index (κ2) is 5.39. The lowest BCUT2D eigenvalue weighted by atomic mass is 9.96. The van der Waals surface area contributed by atoms with Crippen molar-refractivity contribution in [3.63, 3.8) is 0 Å². The van der Waals surface area contributed by atoms with Crippen LogP contribution in [0.3, 0.4) is 0 Å². The van der Waals surface area contributed by atoms with Gasteiger partial charge in [0.1, 0.15) is 12.1 Å². The summed E-state index contributed by atoms with van der Waals surface area (Å²) < 4.78 is 26.3. The van der Waals surface area contributed by atoms with E-state index in [9.17, 15) is 13.6 Å². The number of anilines is 1. The van der Waals surface area contributed by atoms with Gasteiger partial charge < -0.3 is 9.80 Å². The van der Waals surface area contributed by atoms with Crippen LogP contribution in [-0.4, -0.2) is 52.9 Å². The van der Waals surface area contributed by atoms with Crippen LogP contribution in [0.5, 0.6) is 0 Å². The Bertz CT molecular complexity index is 604. The third-order valence-corrected chi connectivity index (χ3v) is 5.03. The fourth-order valence-corrected chi connectivity index (χ4v) is 3.27. The Kier molecular flexibility index (Phi) is 3.46. The first kappa shape index (κ1) is 14.8. The molecule has 4 rings (SSSR count). The average Bonchev–Trinajstić information content (AvgIpc) is 3.30. The molecule has 1 amide bonds. The van der Waals surface area contributed by atoms with Gasteiger partial charge in [0.2, 0.25) is 5.91 Å². The summed E-state index contributed by atoms with van der Waals surface area (Å²) in [6.45, 7) is 1.57. The highest BCUT2D eigenvalue weighted by atomic mass is 19.3. The molecule has 7 heteroatoms. The molecule has 0 unspecified atom stereocenters. The van der Waals surface area contributed by atoms with Crippen LogP contribution in [0.1, 0.15) is 37.3 Å². The Balaban J connectivity index is 1.32. The molecule has 23 heavy (non-hydrogen) atoms. The number of amides is 1. The molecule has 0 radical (unpaired) electrons. The Morgan fingerprint density at radius 3 is 2.52 bits per heavy atom. The minimum absolute atomic E-state index is 0.00761. The second-order valence-corrected chi connectivity index (χ2v) is 6.86. The molecule has 3 aliphatic rings. The highest BCUT2D eigenvalue weighted by molar-refractivity contribution is 5.82. The number of likely N-dealkylation sites (tertiary alicyclic amines) is 1. The lowest BCUT2D eigenvalue weighted by Crippen LogP contribution is -2.56. The Hall–Kier alpha value is -1.79. The van der Waals surface area contributed by atoms with E-state index in [1.807, 2.05) is 6.07 Å². The summed E-state index contributed by atoms with van der Waals surface area (Å²) >= 11 is 0. The summed E-state index contributed by atoms with van der Waals surface area (Å²) in [5, 5.41) is 0. The first-order valence-electron chi connectivity index (χ1n) is 8.25. The molecule has 0 aromatic carbocycles. The van der Waals surface area contributed by atoms with Crippen LogP contribution >= 0.6 is 0 Å². The van der Waals surface area contributed by atoms with Crippen LogP contribution in [0, 0.1) is 5.92 Å². The van der Waals surface area contributed by atoms with Gasteiger partial charge in [-0.05, 0) is 12.8 Å². The molecule has 2 saturated heterocycles. The fourth-order valence-electron chi connectivity index (χ4n) is 3.27. The van der Waals surface area contributed by atoms with Crippen molar-refractivity contribution in [3.05, 3.63) is 18.1 Å². The third kappa shape index (κ3) is 3.01. The van der Waals surface area contributed by atoms with Crippen LogP contribution < -0.4 is 4.90 Å². The van der Waals surface area contributed by atoms with Gasteiger partial charge in [0, 0.05) is 56.7 Å². The Morgan fingerprint density at radius 1 is 1.17 bits per heavy atom. The molecule has 124 valence electrons. The lowest BCUT2D eigenvalue weighted by molar-refractivity contribution is -0.142. The average molecular weight is 322 g/mol. The predicted molar refractivity (Wildman–Crippen MR) is 80.5 cm³/mol. The van der Waals surface area contributed by atoms with Crippen molar-refractivity contribution >= 4 is 11.7 Å². The maximum absolute atomic E-state index is 13.2. The van der Waals surface area contributed by atoms with Gasteiger partial charge in [-0.1, -0.05) is 0 Å². The van der Waals surface area contributed by atoms with Crippen LogP contribution in [0.2, 0.25) is 0 Å². The summed E-state index contributed by atoms with van der Waals surface area (Å²) in [5.41, 5.74) is 1.09. The zero-order chi connectivity index (χ0) is 16.0. The van der Waals surface area contributed by atoms with Crippen molar-refractivity contribution in [1.82, 2.24) is 14.9 Å². The highest BCUT2D eigenvalue weighted by Gasteiger charge is 2.41. The van der Waals surface area contributed by atoms with Crippen molar-refractivity contribution < 1.29 is 13.6 Å². The number of rotatable bonds is 3. The zero-order valence-corrected chi connectivity index (χ0v) is 12.9. The van der Waals surface area contributed by atoms with Crippen molar-refractivity contribution in [3.8, 4) is 0 Å². The van der Waals surface area contributed by atoms with Gasteiger partial charge in [-0.2, -0.15) is 0 Å². The second-order valence-electron chi connectivity index (χ2n) is 6.86. The lowest BCUT2D eigenvalue weighted by Gasteiger charge is -2.42. The zero-order valence-electron chi connectivity index (χ0n) is 12.9. The molecule has 3 heterocycles. The number of aromatic nitrogens is 2. The molecule has 0 atom stereocenters. The summed E-state index contributed by atoms with van der Waals surface area (Å²) in [5.74, 6) is -1.25. The number of hydrogen-bond donors (Lipinski definition) is 0. The van der Waals surface area contributed by atoms with Crippen LogP contribution in [0.4, 0.5) is 14.6 Å². The number of alkyl halides is 2. The number of hydrogen-bond acceptors (Lipinski definition) is 4. The van der Waals surface area contributed by atoms with E-state index in [2.05, 4.69) is 14.9 Å². The van der Waals surface area contributed by atoms with Crippen molar-refractivity contribution in [2.75, 3.05) is 31.1 Å². The van der Waals surface area contributed by atoms with E-state index in [1.165, 1.54) is 12.8 Å². The van der Waals surface area contributed by atoms with E-state index in [-0.39, 0.29) is 37.8 Å². The van der Waals surface area contributed by atoms with E-state index >= 15 is 0 Å². The molecular formula is C16H20F2N4O. The Morgan fingerprint density at radius 2 is 1.87 bits per heavy atom. The molecule has 2 aliphatic heterocycles. The SMILES string of the molecule is O=C(C1CN(c2cc(C3CC3)ncn2)C1)N1CCC(F)(F)CC1. The predicted octanol–water partition coefficient (Wildman–Crippen LogP) is 2.05. The monoisotopic (exact) mass is 322 g/mol. The largest absolute Gasteiger partial charge is 0.355 e. The minimum Gasteiger partial charge on any atom is -0.355 e. The van der Waals surface area contributed by atoms with Crippen LogP contribution in [-0.2, 0) is 4.79 Å². The maximum Gasteiger partial charge on any atom is 0.251 e. The fraction of sp³-hybridized carbons (Fsp3) is 0.688. The van der Waals surface area contributed by atoms with Gasteiger partial charge in [0.25, 0.3) is 5.92 Å². The highest BCUT2D eigenvalue weighted by Crippen LogP contribution is 2.40. The third-order valence-electron chi connectivity index (χ3n) is 5.03. The normalized spacial score (nSPS) is 24.4. The van der Waals surface area contributed by atoms with Gasteiger partial charge in [-0.3, -0.25) is 4.79 Å². The first-order chi connectivity index (χ1) is 11.0. The summed E-state index contributed by atoms with van der Waals surface area (Å²) in [6.07, 6.45) is 3.54. The maximum atomic E-state index is 13.2. The quantitative estimate of drug-likeness (QED) is 0.854. The van der Waals surface area contributed by atoms with Crippen LogP contribution in [0.25, 0.3) is 0 Å². The standard InChI is InChI=1S/C16H20F2N4O/c17-16(18)3-5-21(6-4-16)15(23)12-8-22(9-12)14-7-13(11-1-2-11)19-10-20-14/h7,10-12H,1-6,8-9H2. The molecule has 5 nitrogen and oxygen atoms in total. The molecular weight excluding hydrogens is 302 g/mol. The van der Waals surface area contributed by atoms with Crippen molar-refractivity contribution in [1.29, 1.82) is 0 Å². The van der Waals surface area contributed by atoms with E-state index in [4.69, 9.17) is 0 Å². The number of carbonyl (C=O) groups excluding carboxylic acids is 1. The Labute approximate surface area is 133 Å². The van der Waals surface area contributed by atoms with Crippen molar-refractivity contribution in [2.24, 2.45) is 5.92 Å². The molecule has 0 spiro atoms. The first-order valence-corrected chi connectivity index (χ1v) is 8.25. The summed E-state index contributed by atoms with van der Waals surface area (Å²) in [6, 6.07) is 2.01. The topological polar surface area (TPSA) is 49.3 Å². The molecule has 1 aliphatic carbocycles. The molecule has 0 bridgehead atoms. The number of nitrogens with zero attached hydrogens (tertiary/aromatic N) is 4. The van der Waals surface area contributed by atoms with E-state index in [0.717, 1.165) is 11.5 Å². The molecule has 3 fully saturated rings. The summed E-state index contributed by atoms with van der Waals surface area (Å²) in [7, 11) is 0. The van der Waals surface area contributed by atoms with Gasteiger partial charge >= 0.3 is 0 Å². The van der Waals surface area contributed by atoms with Gasteiger partial charge in [0.05, 0.1) is 5.92 Å². The van der Waals surface area contributed by atoms with E-state index in [1.54, 1.807) is 11.2 Å². The van der Waals surface area contributed by atoms with Gasteiger partial charge in [0.15, 0.2) is 0 Å². The van der Waals surface area contributed by atoms with Crippen LogP contribution in [0.15, 0.2) is 12.4 Å². The smallest absolute Gasteiger partial charge is 0.251 e. The summed E-state index contributed by atoms with van der Waals surface area (Å²) in [4.78, 5) is 24.6. The van der Waals surface area contributed by atoms with Gasteiger partial charge in [-0.25, -0.2) is 18.7 Å². The molecule has 1 saturated carbocycles. The molecule has 1 aromatic rings. The van der Waals surface area contributed by atoms with Gasteiger partial charge in [-0.15, -0.1) is 0 Å². The minimum atomic E-state index is -2.61. The molecule has 1 aromatic heterocycles. The number of halogens is 2.